The molecule has 0 aliphatic carbocycles. The largest absolute Gasteiger partial charge is 0.497 e. The number of nitrogens with zero attached hydrogens (tertiary/aromatic N) is 1. The lowest BCUT2D eigenvalue weighted by Gasteiger charge is -2.21. The van der Waals surface area contributed by atoms with Gasteiger partial charge in [-0.1, -0.05) is 6.92 Å². The fourth-order valence-corrected chi connectivity index (χ4v) is 2.74. The van der Waals surface area contributed by atoms with Crippen LogP contribution in [0, 0.1) is 5.92 Å². The first kappa shape index (κ1) is 15.6. The van der Waals surface area contributed by atoms with E-state index in [1.165, 1.54) is 25.9 Å². The van der Waals surface area contributed by atoms with Crippen LogP contribution in [0.15, 0.2) is 18.2 Å². The van der Waals surface area contributed by atoms with E-state index in [4.69, 9.17) is 4.74 Å². The van der Waals surface area contributed by atoms with E-state index in [1.807, 2.05) is 0 Å². The number of carbonyl (C=O) groups is 1. The number of rotatable bonds is 7. The molecule has 2 rings (SSSR count). The molecule has 2 N–H and O–H groups in total. The number of hydrogen-bond donors (Lipinski definition) is 2. The minimum absolute atomic E-state index is 0.282. The van der Waals surface area contributed by atoms with Gasteiger partial charge in [0.2, 0.25) is 0 Å². The average Bonchev–Trinajstić information content (AvgIpc) is 2.97. The fourth-order valence-electron chi connectivity index (χ4n) is 2.74. The van der Waals surface area contributed by atoms with E-state index in [-0.39, 0.29) is 5.56 Å². The van der Waals surface area contributed by atoms with E-state index in [9.17, 15) is 9.90 Å². The molecule has 1 fully saturated rings. The van der Waals surface area contributed by atoms with E-state index >= 15 is 0 Å². The molecular formula is C16H24N2O3. The zero-order chi connectivity index (χ0) is 15.2. The molecule has 0 amide bonds. The van der Waals surface area contributed by atoms with Gasteiger partial charge >= 0.3 is 5.97 Å². The molecule has 5 nitrogen and oxygen atoms in total. The predicted molar refractivity (Wildman–Crippen MR) is 83.3 cm³/mol. The molecule has 21 heavy (non-hydrogen) atoms. The van der Waals surface area contributed by atoms with Crippen LogP contribution in [-0.2, 0) is 0 Å². The van der Waals surface area contributed by atoms with Crippen LogP contribution in [0.5, 0.6) is 5.75 Å². The van der Waals surface area contributed by atoms with Crippen molar-refractivity contribution in [2.75, 3.05) is 38.6 Å². The summed E-state index contributed by atoms with van der Waals surface area (Å²) in [5.74, 6) is 0.206. The normalized spacial score (nSPS) is 16.7. The number of aromatic carboxylic acids is 1. The lowest BCUT2D eigenvalue weighted by molar-refractivity contribution is 0.0698. The lowest BCUT2D eigenvalue weighted by Crippen LogP contribution is -2.29. The van der Waals surface area contributed by atoms with Crippen molar-refractivity contribution in [1.29, 1.82) is 0 Å². The van der Waals surface area contributed by atoms with Gasteiger partial charge in [0.05, 0.1) is 18.4 Å². The Balaban J connectivity index is 1.95. The first-order chi connectivity index (χ1) is 10.1. The Kier molecular flexibility index (Phi) is 5.44. The zero-order valence-electron chi connectivity index (χ0n) is 12.8. The molecule has 0 bridgehead atoms. The van der Waals surface area contributed by atoms with Crippen LogP contribution in [0.2, 0.25) is 0 Å². The van der Waals surface area contributed by atoms with Gasteiger partial charge < -0.3 is 20.1 Å². The Hall–Kier alpha value is -1.75. The van der Waals surface area contributed by atoms with Crippen molar-refractivity contribution in [1.82, 2.24) is 4.90 Å². The molecule has 1 aromatic carbocycles. The summed E-state index contributed by atoms with van der Waals surface area (Å²) >= 11 is 0. The Morgan fingerprint density at radius 3 is 2.76 bits per heavy atom. The smallest absolute Gasteiger partial charge is 0.337 e. The summed E-state index contributed by atoms with van der Waals surface area (Å²) in [4.78, 5) is 13.7. The molecule has 0 radical (unpaired) electrons. The maximum atomic E-state index is 11.3. The SMILES string of the molecule is COc1ccc(C(=O)O)c(NCC(C)CN2CCCC2)c1. The highest BCUT2D eigenvalue weighted by Crippen LogP contribution is 2.23. The summed E-state index contributed by atoms with van der Waals surface area (Å²) in [6.07, 6.45) is 2.58. The van der Waals surface area contributed by atoms with Gasteiger partial charge in [0.25, 0.3) is 0 Å². The first-order valence-corrected chi connectivity index (χ1v) is 7.47. The summed E-state index contributed by atoms with van der Waals surface area (Å²) < 4.78 is 5.16. The number of nitrogens with one attached hydrogen (secondary N) is 1. The number of hydrogen-bond acceptors (Lipinski definition) is 4. The van der Waals surface area contributed by atoms with Gasteiger partial charge in [0, 0.05) is 19.2 Å². The Morgan fingerprint density at radius 1 is 1.43 bits per heavy atom. The van der Waals surface area contributed by atoms with Gasteiger partial charge in [-0.15, -0.1) is 0 Å². The standard InChI is InChI=1S/C16H24N2O3/c1-12(11-18-7-3-4-8-18)10-17-15-9-13(21-2)5-6-14(15)16(19)20/h5-6,9,12,17H,3-4,7-8,10-11H2,1-2H3,(H,19,20). The van der Waals surface area contributed by atoms with E-state index in [0.29, 0.717) is 17.4 Å². The van der Waals surface area contributed by atoms with Crippen LogP contribution < -0.4 is 10.1 Å². The second-order valence-corrected chi connectivity index (χ2v) is 5.71. The van der Waals surface area contributed by atoms with E-state index in [2.05, 4.69) is 17.1 Å². The van der Waals surface area contributed by atoms with Crippen molar-refractivity contribution < 1.29 is 14.6 Å². The van der Waals surface area contributed by atoms with E-state index in [1.54, 1.807) is 25.3 Å². The minimum Gasteiger partial charge on any atom is -0.497 e. The quantitative estimate of drug-likeness (QED) is 0.808. The third-order valence-electron chi connectivity index (χ3n) is 3.87. The molecule has 0 aromatic heterocycles. The summed E-state index contributed by atoms with van der Waals surface area (Å²) in [5, 5.41) is 12.5. The summed E-state index contributed by atoms with van der Waals surface area (Å²) in [6, 6.07) is 4.99. The highest BCUT2D eigenvalue weighted by molar-refractivity contribution is 5.94. The van der Waals surface area contributed by atoms with Crippen LogP contribution in [0.1, 0.15) is 30.1 Å². The van der Waals surface area contributed by atoms with E-state index < -0.39 is 5.97 Å². The molecule has 1 unspecified atom stereocenters. The molecule has 1 aliphatic heterocycles. The molecule has 1 aromatic rings. The van der Waals surface area contributed by atoms with Crippen LogP contribution in [-0.4, -0.2) is 49.3 Å². The third kappa shape index (κ3) is 4.36. The number of methoxy groups -OCH3 is 1. The van der Waals surface area contributed by atoms with Gasteiger partial charge in [0.15, 0.2) is 0 Å². The predicted octanol–water partition coefficient (Wildman–Crippen LogP) is 2.54. The second kappa shape index (κ2) is 7.31. The van der Waals surface area contributed by atoms with Crippen molar-refractivity contribution >= 4 is 11.7 Å². The van der Waals surface area contributed by atoms with Crippen molar-refractivity contribution in [2.45, 2.75) is 19.8 Å². The average molecular weight is 292 g/mol. The number of anilines is 1. The summed E-state index contributed by atoms with van der Waals surface area (Å²) in [5.41, 5.74) is 0.902. The van der Waals surface area contributed by atoms with Gasteiger partial charge in [-0.3, -0.25) is 0 Å². The summed E-state index contributed by atoms with van der Waals surface area (Å²) in [7, 11) is 1.58. The number of carboxylic acids is 1. The number of ether oxygens (including phenoxy) is 1. The number of benzene rings is 1. The van der Waals surface area contributed by atoms with Crippen molar-refractivity contribution in [3.05, 3.63) is 23.8 Å². The minimum atomic E-state index is -0.924. The molecule has 5 heteroatoms. The molecule has 1 aliphatic rings. The van der Waals surface area contributed by atoms with Crippen molar-refractivity contribution in [3.8, 4) is 5.75 Å². The summed E-state index contributed by atoms with van der Waals surface area (Å²) in [6.45, 7) is 6.36. The maximum absolute atomic E-state index is 11.3. The Labute approximate surface area is 125 Å². The van der Waals surface area contributed by atoms with Gasteiger partial charge in [-0.25, -0.2) is 4.79 Å². The topological polar surface area (TPSA) is 61.8 Å². The molecule has 1 atom stereocenters. The molecule has 116 valence electrons. The first-order valence-electron chi connectivity index (χ1n) is 7.47. The lowest BCUT2D eigenvalue weighted by atomic mass is 10.1. The van der Waals surface area contributed by atoms with Crippen LogP contribution in [0.4, 0.5) is 5.69 Å². The van der Waals surface area contributed by atoms with E-state index in [0.717, 1.165) is 13.1 Å². The second-order valence-electron chi connectivity index (χ2n) is 5.71. The number of carboxylic acid groups (broad SMARTS) is 1. The molecule has 0 saturated carbocycles. The third-order valence-corrected chi connectivity index (χ3v) is 3.87. The molecular weight excluding hydrogens is 268 g/mol. The Bertz CT molecular complexity index is 484. The number of likely N-dealkylation sites (tertiary alicyclic amines) is 1. The van der Waals surface area contributed by atoms with Gasteiger partial charge in [-0.2, -0.15) is 0 Å². The highest BCUT2D eigenvalue weighted by atomic mass is 16.5. The molecule has 0 spiro atoms. The maximum Gasteiger partial charge on any atom is 0.337 e. The van der Waals surface area contributed by atoms with Crippen LogP contribution >= 0.6 is 0 Å². The van der Waals surface area contributed by atoms with Crippen LogP contribution in [0.25, 0.3) is 0 Å². The van der Waals surface area contributed by atoms with Crippen LogP contribution in [0.3, 0.4) is 0 Å². The van der Waals surface area contributed by atoms with Crippen molar-refractivity contribution in [2.24, 2.45) is 5.92 Å². The fraction of sp³-hybridized carbons (Fsp3) is 0.562. The Morgan fingerprint density at radius 2 is 2.14 bits per heavy atom. The van der Waals surface area contributed by atoms with Gasteiger partial charge in [-0.05, 0) is 44.0 Å². The zero-order valence-corrected chi connectivity index (χ0v) is 12.8. The monoisotopic (exact) mass is 292 g/mol. The molecule has 1 saturated heterocycles. The highest BCUT2D eigenvalue weighted by Gasteiger charge is 2.16. The van der Waals surface area contributed by atoms with Gasteiger partial charge in [0.1, 0.15) is 5.75 Å². The molecule has 1 heterocycles. The van der Waals surface area contributed by atoms with Crippen molar-refractivity contribution in [3.63, 3.8) is 0 Å².